The summed E-state index contributed by atoms with van der Waals surface area (Å²) in [5.74, 6) is -0.0418. The van der Waals surface area contributed by atoms with Gasteiger partial charge in [-0.3, -0.25) is 9.52 Å². The van der Waals surface area contributed by atoms with Gasteiger partial charge in [0.1, 0.15) is 0 Å². The first-order valence-electron chi connectivity index (χ1n) is 11.3. The minimum atomic E-state index is -3.67. The fourth-order valence-electron chi connectivity index (χ4n) is 3.96. The van der Waals surface area contributed by atoms with E-state index in [1.54, 1.807) is 23.6 Å². The molecule has 1 amide bonds. The molecule has 170 valence electrons. The molecule has 0 radical (unpaired) electrons. The van der Waals surface area contributed by atoms with Crippen LogP contribution in [0.3, 0.4) is 0 Å². The van der Waals surface area contributed by atoms with E-state index in [1.165, 1.54) is 68.4 Å². The molecular formula is C23H33N3O3S2. The molecule has 1 aliphatic carbocycles. The van der Waals surface area contributed by atoms with Crippen LogP contribution in [0.2, 0.25) is 0 Å². The number of hydrogen-bond acceptors (Lipinski definition) is 5. The van der Waals surface area contributed by atoms with Crippen LogP contribution in [-0.4, -0.2) is 25.4 Å². The van der Waals surface area contributed by atoms with E-state index in [-0.39, 0.29) is 28.4 Å². The van der Waals surface area contributed by atoms with Crippen molar-refractivity contribution in [2.75, 3.05) is 4.72 Å². The molecule has 0 atom stereocenters. The van der Waals surface area contributed by atoms with Crippen molar-refractivity contribution < 1.29 is 13.2 Å². The summed E-state index contributed by atoms with van der Waals surface area (Å²) in [6, 6.07) is 8.41. The van der Waals surface area contributed by atoms with Gasteiger partial charge in [0.15, 0.2) is 5.13 Å². The molecule has 6 nitrogen and oxygen atoms in total. The SMILES string of the molecule is O=C(Cc1csc(NS(=O)(=O)c2ccccc2)n1)NC1CCCCCCCCCCC1. The quantitative estimate of drug-likeness (QED) is 0.610. The van der Waals surface area contributed by atoms with Crippen LogP contribution in [0.1, 0.15) is 76.3 Å². The summed E-state index contributed by atoms with van der Waals surface area (Å²) in [6.07, 6.45) is 13.6. The summed E-state index contributed by atoms with van der Waals surface area (Å²) < 4.78 is 27.4. The van der Waals surface area contributed by atoms with E-state index in [4.69, 9.17) is 0 Å². The summed E-state index contributed by atoms with van der Waals surface area (Å²) in [6.45, 7) is 0. The Morgan fingerprint density at radius 2 is 1.52 bits per heavy atom. The van der Waals surface area contributed by atoms with Gasteiger partial charge in [-0.2, -0.15) is 0 Å². The maximum atomic E-state index is 12.6. The Balaban J connectivity index is 1.51. The zero-order valence-corrected chi connectivity index (χ0v) is 19.6. The Kier molecular flexibility index (Phi) is 9.33. The average molecular weight is 464 g/mol. The highest BCUT2D eigenvalue weighted by Crippen LogP contribution is 2.21. The Bertz CT molecular complexity index is 901. The van der Waals surface area contributed by atoms with Crippen molar-refractivity contribution in [3.8, 4) is 0 Å². The average Bonchev–Trinajstić information content (AvgIpc) is 3.16. The molecule has 3 rings (SSSR count). The molecule has 1 saturated carbocycles. The number of anilines is 1. The smallest absolute Gasteiger partial charge is 0.263 e. The van der Waals surface area contributed by atoms with Gasteiger partial charge in [-0.1, -0.05) is 76.0 Å². The van der Waals surface area contributed by atoms with E-state index in [0.29, 0.717) is 5.69 Å². The third-order valence-electron chi connectivity index (χ3n) is 5.64. The fraction of sp³-hybridized carbons (Fsp3) is 0.565. The number of thiazole rings is 1. The zero-order valence-electron chi connectivity index (χ0n) is 18.0. The summed E-state index contributed by atoms with van der Waals surface area (Å²) in [5, 5.41) is 5.20. The van der Waals surface area contributed by atoms with Gasteiger partial charge in [0.2, 0.25) is 5.91 Å². The molecule has 31 heavy (non-hydrogen) atoms. The third kappa shape index (κ3) is 8.26. The normalized spacial score (nSPS) is 17.3. The van der Waals surface area contributed by atoms with Crippen molar-refractivity contribution in [1.82, 2.24) is 10.3 Å². The first kappa shape index (κ1) is 23.7. The molecule has 1 aromatic heterocycles. The minimum Gasteiger partial charge on any atom is -0.353 e. The minimum absolute atomic E-state index is 0.0418. The standard InChI is InChI=1S/C23H33N3O3S2/c27-22(24-19-13-9-6-4-2-1-3-5-7-10-14-19)17-20-18-30-23(25-20)26-31(28,29)21-15-11-8-12-16-21/h8,11-12,15-16,18-19H,1-7,9-10,13-14,17H2,(H,24,27)(H,25,26). The fourth-order valence-corrected chi connectivity index (χ4v) is 5.94. The largest absolute Gasteiger partial charge is 0.353 e. The Morgan fingerprint density at radius 3 is 2.13 bits per heavy atom. The number of rotatable bonds is 6. The number of amides is 1. The predicted molar refractivity (Wildman–Crippen MR) is 126 cm³/mol. The number of sulfonamides is 1. The van der Waals surface area contributed by atoms with Crippen LogP contribution < -0.4 is 10.0 Å². The van der Waals surface area contributed by atoms with Gasteiger partial charge in [0.25, 0.3) is 10.0 Å². The number of nitrogens with zero attached hydrogens (tertiary/aromatic N) is 1. The molecule has 0 aliphatic heterocycles. The lowest BCUT2D eigenvalue weighted by atomic mass is 9.98. The lowest BCUT2D eigenvalue weighted by Gasteiger charge is -2.19. The topological polar surface area (TPSA) is 88.2 Å². The molecule has 0 unspecified atom stereocenters. The van der Waals surface area contributed by atoms with Gasteiger partial charge in [-0.15, -0.1) is 11.3 Å². The maximum absolute atomic E-state index is 12.6. The Morgan fingerprint density at radius 1 is 0.935 bits per heavy atom. The van der Waals surface area contributed by atoms with Gasteiger partial charge in [-0.25, -0.2) is 13.4 Å². The molecule has 1 heterocycles. The van der Waals surface area contributed by atoms with Crippen molar-refractivity contribution in [2.24, 2.45) is 0 Å². The number of carbonyl (C=O) groups is 1. The maximum Gasteiger partial charge on any atom is 0.263 e. The third-order valence-corrected chi connectivity index (χ3v) is 7.93. The molecule has 1 fully saturated rings. The molecule has 0 bridgehead atoms. The molecule has 1 aromatic carbocycles. The lowest BCUT2D eigenvalue weighted by Crippen LogP contribution is -2.36. The van der Waals surface area contributed by atoms with Gasteiger partial charge in [-0.05, 0) is 25.0 Å². The summed E-state index contributed by atoms with van der Waals surface area (Å²) >= 11 is 1.19. The van der Waals surface area contributed by atoms with Gasteiger partial charge in [0, 0.05) is 11.4 Å². The first-order chi connectivity index (χ1) is 15.0. The van der Waals surface area contributed by atoms with E-state index < -0.39 is 10.0 Å². The Labute approximate surface area is 189 Å². The van der Waals surface area contributed by atoms with Crippen LogP contribution in [0.25, 0.3) is 0 Å². The second-order valence-electron chi connectivity index (χ2n) is 8.26. The monoisotopic (exact) mass is 463 g/mol. The van der Waals surface area contributed by atoms with Crippen molar-refractivity contribution in [3.05, 3.63) is 41.4 Å². The van der Waals surface area contributed by atoms with Gasteiger partial charge >= 0.3 is 0 Å². The highest BCUT2D eigenvalue weighted by molar-refractivity contribution is 7.93. The van der Waals surface area contributed by atoms with Crippen LogP contribution in [0, 0.1) is 0 Å². The van der Waals surface area contributed by atoms with Crippen molar-refractivity contribution in [1.29, 1.82) is 0 Å². The van der Waals surface area contributed by atoms with Gasteiger partial charge < -0.3 is 5.32 Å². The number of aromatic nitrogens is 1. The summed E-state index contributed by atoms with van der Waals surface area (Å²) in [7, 11) is -3.67. The number of carbonyl (C=O) groups excluding carboxylic acids is 1. The predicted octanol–water partition coefficient (Wildman–Crippen LogP) is 5.28. The molecule has 2 aromatic rings. The van der Waals surface area contributed by atoms with Crippen LogP contribution in [0.15, 0.2) is 40.6 Å². The Hall–Kier alpha value is -1.93. The van der Waals surface area contributed by atoms with E-state index in [9.17, 15) is 13.2 Å². The lowest BCUT2D eigenvalue weighted by molar-refractivity contribution is -0.121. The van der Waals surface area contributed by atoms with Crippen LogP contribution in [0.4, 0.5) is 5.13 Å². The zero-order chi connectivity index (χ0) is 21.9. The van der Waals surface area contributed by atoms with Crippen LogP contribution in [0.5, 0.6) is 0 Å². The van der Waals surface area contributed by atoms with Crippen molar-refractivity contribution in [3.63, 3.8) is 0 Å². The highest BCUT2D eigenvalue weighted by atomic mass is 32.2. The summed E-state index contributed by atoms with van der Waals surface area (Å²) in [4.78, 5) is 17.1. The number of nitrogens with one attached hydrogen (secondary N) is 2. The van der Waals surface area contributed by atoms with Crippen molar-refractivity contribution >= 4 is 32.4 Å². The van der Waals surface area contributed by atoms with E-state index in [2.05, 4.69) is 15.0 Å². The molecule has 0 saturated heterocycles. The molecule has 0 spiro atoms. The van der Waals surface area contributed by atoms with E-state index in [1.807, 2.05) is 0 Å². The molecule has 1 aliphatic rings. The first-order valence-corrected chi connectivity index (χ1v) is 13.7. The molecular weight excluding hydrogens is 430 g/mol. The van der Waals surface area contributed by atoms with Gasteiger partial charge in [0.05, 0.1) is 17.0 Å². The molecule has 2 N–H and O–H groups in total. The second-order valence-corrected chi connectivity index (χ2v) is 10.8. The second kappa shape index (κ2) is 12.2. The molecule has 8 heteroatoms. The van der Waals surface area contributed by atoms with Crippen molar-refractivity contribution in [2.45, 2.75) is 88.0 Å². The van der Waals surface area contributed by atoms with Crippen LogP contribution >= 0.6 is 11.3 Å². The number of benzene rings is 1. The van der Waals surface area contributed by atoms with Crippen LogP contribution in [-0.2, 0) is 21.2 Å². The van der Waals surface area contributed by atoms with E-state index >= 15 is 0 Å². The highest BCUT2D eigenvalue weighted by Gasteiger charge is 2.18. The summed E-state index contributed by atoms with van der Waals surface area (Å²) in [5.41, 5.74) is 0.585. The number of hydrogen-bond donors (Lipinski definition) is 2. The van der Waals surface area contributed by atoms with E-state index in [0.717, 1.165) is 25.7 Å².